The highest BCUT2D eigenvalue weighted by molar-refractivity contribution is 5.96. The fourth-order valence-electron chi connectivity index (χ4n) is 2.32. The molecule has 1 aromatic heterocycles. The largest absolute Gasteiger partial charge is 0.459 e. The molecule has 2 amide bonds. The van der Waals surface area contributed by atoms with Gasteiger partial charge in [-0.3, -0.25) is 9.59 Å². The van der Waals surface area contributed by atoms with Gasteiger partial charge in [0.05, 0.1) is 6.26 Å². The summed E-state index contributed by atoms with van der Waals surface area (Å²) in [4.78, 5) is 23.8. The van der Waals surface area contributed by atoms with E-state index in [9.17, 15) is 9.59 Å². The first-order valence-corrected chi connectivity index (χ1v) is 6.77. The van der Waals surface area contributed by atoms with Crippen LogP contribution in [0, 0.1) is 0 Å². The van der Waals surface area contributed by atoms with Gasteiger partial charge < -0.3 is 15.5 Å². The standard InChI is InChI=1S/C17H14N2O3/c18-16(20)15(19-17(21)14-6-3-9-22-14)13-8-7-11-4-1-2-5-12(11)10-13/h1-10,15H,(H2,18,20)(H,19,21). The van der Waals surface area contributed by atoms with E-state index in [4.69, 9.17) is 10.2 Å². The second-order valence-electron chi connectivity index (χ2n) is 4.89. The van der Waals surface area contributed by atoms with E-state index in [0.717, 1.165) is 10.8 Å². The molecule has 3 aromatic rings. The van der Waals surface area contributed by atoms with Gasteiger partial charge in [-0.2, -0.15) is 0 Å². The van der Waals surface area contributed by atoms with Crippen LogP contribution >= 0.6 is 0 Å². The molecule has 0 aliphatic heterocycles. The van der Waals surface area contributed by atoms with E-state index in [1.165, 1.54) is 12.3 Å². The molecule has 3 N–H and O–H groups in total. The maximum atomic E-state index is 12.0. The van der Waals surface area contributed by atoms with E-state index < -0.39 is 17.9 Å². The molecule has 1 heterocycles. The molecule has 0 saturated heterocycles. The van der Waals surface area contributed by atoms with Gasteiger partial charge in [0, 0.05) is 0 Å². The third-order valence-electron chi connectivity index (χ3n) is 3.41. The first kappa shape index (κ1) is 13.9. The van der Waals surface area contributed by atoms with Crippen LogP contribution in [0.2, 0.25) is 0 Å². The fourth-order valence-corrected chi connectivity index (χ4v) is 2.32. The Morgan fingerprint density at radius 2 is 1.77 bits per heavy atom. The first-order valence-electron chi connectivity index (χ1n) is 6.77. The molecular weight excluding hydrogens is 280 g/mol. The number of fused-ring (bicyclic) bond motifs is 1. The second-order valence-corrected chi connectivity index (χ2v) is 4.89. The van der Waals surface area contributed by atoms with Crippen molar-refractivity contribution in [3.05, 3.63) is 72.2 Å². The molecule has 22 heavy (non-hydrogen) atoms. The Balaban J connectivity index is 1.92. The molecule has 1 atom stereocenters. The summed E-state index contributed by atoms with van der Waals surface area (Å²) in [6.07, 6.45) is 1.39. The number of carbonyl (C=O) groups is 2. The van der Waals surface area contributed by atoms with Crippen LogP contribution in [0.25, 0.3) is 10.8 Å². The van der Waals surface area contributed by atoms with Crippen molar-refractivity contribution in [1.82, 2.24) is 5.32 Å². The van der Waals surface area contributed by atoms with E-state index in [-0.39, 0.29) is 5.76 Å². The van der Waals surface area contributed by atoms with Crippen molar-refractivity contribution in [3.63, 3.8) is 0 Å². The highest BCUT2D eigenvalue weighted by Gasteiger charge is 2.22. The lowest BCUT2D eigenvalue weighted by molar-refractivity contribution is -0.120. The summed E-state index contributed by atoms with van der Waals surface area (Å²) in [5, 5.41) is 4.61. The summed E-state index contributed by atoms with van der Waals surface area (Å²) in [5.74, 6) is -0.982. The second kappa shape index (κ2) is 5.73. The summed E-state index contributed by atoms with van der Waals surface area (Å²) in [5.41, 5.74) is 6.06. The van der Waals surface area contributed by atoms with Gasteiger partial charge in [-0.05, 0) is 34.5 Å². The molecule has 1 unspecified atom stereocenters. The van der Waals surface area contributed by atoms with Crippen molar-refractivity contribution in [3.8, 4) is 0 Å². The summed E-state index contributed by atoms with van der Waals surface area (Å²) < 4.78 is 5.02. The minimum Gasteiger partial charge on any atom is -0.459 e. The highest BCUT2D eigenvalue weighted by atomic mass is 16.3. The van der Waals surface area contributed by atoms with Crippen LogP contribution in [0.5, 0.6) is 0 Å². The van der Waals surface area contributed by atoms with Gasteiger partial charge in [-0.25, -0.2) is 0 Å². The smallest absolute Gasteiger partial charge is 0.287 e. The summed E-state index contributed by atoms with van der Waals surface area (Å²) in [6, 6.07) is 15.5. The van der Waals surface area contributed by atoms with E-state index in [2.05, 4.69) is 5.32 Å². The number of furan rings is 1. The molecule has 0 spiro atoms. The van der Waals surface area contributed by atoms with Gasteiger partial charge in [-0.1, -0.05) is 36.4 Å². The van der Waals surface area contributed by atoms with E-state index >= 15 is 0 Å². The Morgan fingerprint density at radius 3 is 2.45 bits per heavy atom. The monoisotopic (exact) mass is 294 g/mol. The van der Waals surface area contributed by atoms with Crippen LogP contribution in [0.1, 0.15) is 22.2 Å². The van der Waals surface area contributed by atoms with E-state index in [0.29, 0.717) is 5.56 Å². The number of benzene rings is 2. The Hall–Kier alpha value is -3.08. The molecule has 3 rings (SSSR count). The van der Waals surface area contributed by atoms with Gasteiger partial charge in [0.25, 0.3) is 5.91 Å². The average molecular weight is 294 g/mol. The third-order valence-corrected chi connectivity index (χ3v) is 3.41. The molecule has 0 aliphatic rings. The summed E-state index contributed by atoms with van der Waals surface area (Å²) in [6.45, 7) is 0. The van der Waals surface area contributed by atoms with Gasteiger partial charge >= 0.3 is 0 Å². The predicted molar refractivity (Wildman–Crippen MR) is 82.1 cm³/mol. The number of nitrogens with two attached hydrogens (primary N) is 1. The normalized spacial score (nSPS) is 12.0. The molecule has 0 aliphatic carbocycles. The minimum atomic E-state index is -0.915. The lowest BCUT2D eigenvalue weighted by atomic mass is 10.0. The number of primary amides is 1. The van der Waals surface area contributed by atoms with Gasteiger partial charge in [0.15, 0.2) is 5.76 Å². The van der Waals surface area contributed by atoms with Crippen LogP contribution < -0.4 is 11.1 Å². The zero-order valence-corrected chi connectivity index (χ0v) is 11.7. The van der Waals surface area contributed by atoms with Crippen molar-refractivity contribution in [1.29, 1.82) is 0 Å². The van der Waals surface area contributed by atoms with Crippen molar-refractivity contribution < 1.29 is 14.0 Å². The topological polar surface area (TPSA) is 85.3 Å². The molecule has 0 bridgehead atoms. The van der Waals surface area contributed by atoms with Crippen molar-refractivity contribution in [2.45, 2.75) is 6.04 Å². The Bertz CT molecular complexity index is 825. The first-order chi connectivity index (χ1) is 10.6. The van der Waals surface area contributed by atoms with Crippen molar-refractivity contribution in [2.24, 2.45) is 5.73 Å². The van der Waals surface area contributed by atoms with Crippen molar-refractivity contribution >= 4 is 22.6 Å². The average Bonchev–Trinajstić information content (AvgIpc) is 3.06. The SMILES string of the molecule is NC(=O)C(NC(=O)c1ccco1)c1ccc2ccccc2c1. The number of amides is 2. The number of carbonyl (C=O) groups excluding carboxylic acids is 2. The minimum absolute atomic E-state index is 0.132. The van der Waals surface area contributed by atoms with Gasteiger partial charge in [0.2, 0.25) is 5.91 Å². The number of rotatable bonds is 4. The Morgan fingerprint density at radius 1 is 1.00 bits per heavy atom. The van der Waals surface area contributed by atoms with Crippen LogP contribution in [0.4, 0.5) is 0 Å². The van der Waals surface area contributed by atoms with Crippen LogP contribution in [0.15, 0.2) is 65.3 Å². The Labute approximate surface area is 126 Å². The molecule has 5 nitrogen and oxygen atoms in total. The van der Waals surface area contributed by atoms with E-state index in [1.54, 1.807) is 12.1 Å². The molecule has 5 heteroatoms. The maximum Gasteiger partial charge on any atom is 0.287 e. The lowest BCUT2D eigenvalue weighted by Gasteiger charge is -2.15. The molecule has 2 aromatic carbocycles. The predicted octanol–water partition coefficient (Wildman–Crippen LogP) is 2.39. The Kier molecular flexibility index (Phi) is 3.62. The molecular formula is C17H14N2O3. The molecule has 0 fully saturated rings. The molecule has 110 valence electrons. The number of nitrogens with one attached hydrogen (secondary N) is 1. The zero-order valence-electron chi connectivity index (χ0n) is 11.7. The quantitative estimate of drug-likeness (QED) is 0.774. The van der Waals surface area contributed by atoms with Crippen LogP contribution in [-0.4, -0.2) is 11.8 Å². The van der Waals surface area contributed by atoms with E-state index in [1.807, 2.05) is 36.4 Å². The summed E-state index contributed by atoms with van der Waals surface area (Å²) in [7, 11) is 0. The zero-order chi connectivity index (χ0) is 15.5. The molecule has 0 saturated carbocycles. The van der Waals surface area contributed by atoms with Crippen LogP contribution in [0.3, 0.4) is 0 Å². The number of hydrogen-bond donors (Lipinski definition) is 2. The van der Waals surface area contributed by atoms with Crippen LogP contribution in [-0.2, 0) is 4.79 Å². The summed E-state index contributed by atoms with van der Waals surface area (Å²) >= 11 is 0. The molecule has 0 radical (unpaired) electrons. The maximum absolute atomic E-state index is 12.0. The van der Waals surface area contributed by atoms with Crippen molar-refractivity contribution in [2.75, 3.05) is 0 Å². The fraction of sp³-hybridized carbons (Fsp3) is 0.0588. The number of hydrogen-bond acceptors (Lipinski definition) is 3. The highest BCUT2D eigenvalue weighted by Crippen LogP contribution is 2.21. The lowest BCUT2D eigenvalue weighted by Crippen LogP contribution is -2.37. The van der Waals surface area contributed by atoms with Gasteiger partial charge in [-0.15, -0.1) is 0 Å². The third kappa shape index (κ3) is 2.69. The van der Waals surface area contributed by atoms with Gasteiger partial charge in [0.1, 0.15) is 6.04 Å².